The molecule has 1 aromatic carbocycles. The van der Waals surface area contributed by atoms with E-state index in [9.17, 15) is 4.39 Å². The van der Waals surface area contributed by atoms with Gasteiger partial charge in [-0.2, -0.15) is 0 Å². The fourth-order valence-electron chi connectivity index (χ4n) is 2.14. The molecule has 2 unspecified atom stereocenters. The largest absolute Gasteiger partial charge is 0.490 e. The topological polar surface area (TPSA) is 44.5 Å². The molecule has 0 aliphatic carbocycles. The second-order valence-corrected chi connectivity index (χ2v) is 4.95. The molecule has 1 aliphatic heterocycles. The summed E-state index contributed by atoms with van der Waals surface area (Å²) in [5.74, 6) is 0.404. The molecule has 0 amide bonds. The van der Waals surface area contributed by atoms with Crippen molar-refractivity contribution in [2.45, 2.75) is 25.8 Å². The van der Waals surface area contributed by atoms with E-state index in [1.165, 1.54) is 6.07 Å². The Labute approximate surface area is 107 Å². The third-order valence-corrected chi connectivity index (χ3v) is 3.08. The smallest absolute Gasteiger partial charge is 0.165 e. The van der Waals surface area contributed by atoms with Crippen molar-refractivity contribution < 1.29 is 13.9 Å². The summed E-state index contributed by atoms with van der Waals surface area (Å²) >= 11 is 0. The van der Waals surface area contributed by atoms with Gasteiger partial charge in [-0.05, 0) is 31.4 Å². The van der Waals surface area contributed by atoms with Gasteiger partial charge in [0.2, 0.25) is 0 Å². The lowest BCUT2D eigenvalue weighted by atomic mass is 10.1. The molecule has 1 heterocycles. The lowest BCUT2D eigenvalue weighted by molar-refractivity contribution is 0.165. The van der Waals surface area contributed by atoms with Gasteiger partial charge in [-0.1, -0.05) is 12.1 Å². The average Bonchev–Trinajstić information content (AvgIpc) is 2.80. The normalized spacial score (nSPS) is 20.9. The molecule has 4 heteroatoms. The van der Waals surface area contributed by atoms with Gasteiger partial charge in [-0.25, -0.2) is 4.39 Å². The first-order valence-electron chi connectivity index (χ1n) is 6.40. The van der Waals surface area contributed by atoms with Crippen LogP contribution in [0.5, 0.6) is 5.75 Å². The van der Waals surface area contributed by atoms with Crippen LogP contribution in [0.4, 0.5) is 4.39 Å². The van der Waals surface area contributed by atoms with Crippen LogP contribution in [0.3, 0.4) is 0 Å². The highest BCUT2D eigenvalue weighted by molar-refractivity contribution is 5.35. The van der Waals surface area contributed by atoms with E-state index in [-0.39, 0.29) is 11.9 Å². The number of para-hydroxylation sites is 1. The Bertz CT molecular complexity index is 389. The third kappa shape index (κ3) is 3.43. The van der Waals surface area contributed by atoms with E-state index in [1.807, 2.05) is 13.0 Å². The Kier molecular flexibility index (Phi) is 4.55. The van der Waals surface area contributed by atoms with Crippen molar-refractivity contribution in [1.29, 1.82) is 0 Å². The molecule has 1 aliphatic rings. The van der Waals surface area contributed by atoms with E-state index in [0.717, 1.165) is 18.6 Å². The summed E-state index contributed by atoms with van der Waals surface area (Å²) in [7, 11) is 0. The summed E-state index contributed by atoms with van der Waals surface area (Å²) in [6.07, 6.45) is 1.60. The van der Waals surface area contributed by atoms with E-state index in [4.69, 9.17) is 15.2 Å². The molecule has 18 heavy (non-hydrogen) atoms. The summed E-state index contributed by atoms with van der Waals surface area (Å²) in [6.45, 7) is 3.89. The highest BCUT2D eigenvalue weighted by Gasteiger charge is 2.18. The van der Waals surface area contributed by atoms with Crippen molar-refractivity contribution >= 4 is 0 Å². The van der Waals surface area contributed by atoms with Crippen LogP contribution >= 0.6 is 0 Å². The van der Waals surface area contributed by atoms with Crippen LogP contribution in [0.25, 0.3) is 0 Å². The van der Waals surface area contributed by atoms with Gasteiger partial charge in [0.1, 0.15) is 0 Å². The Morgan fingerprint density at radius 3 is 3.06 bits per heavy atom. The van der Waals surface area contributed by atoms with Crippen LogP contribution in [-0.2, 0) is 11.2 Å². The fourth-order valence-corrected chi connectivity index (χ4v) is 2.14. The highest BCUT2D eigenvalue weighted by atomic mass is 19.1. The van der Waals surface area contributed by atoms with Gasteiger partial charge in [0, 0.05) is 18.6 Å². The second-order valence-electron chi connectivity index (χ2n) is 4.95. The van der Waals surface area contributed by atoms with Crippen molar-refractivity contribution in [2.75, 3.05) is 19.8 Å². The van der Waals surface area contributed by atoms with Gasteiger partial charge in [0.15, 0.2) is 11.6 Å². The number of benzene rings is 1. The van der Waals surface area contributed by atoms with E-state index in [2.05, 4.69) is 0 Å². The SMILES string of the molecule is CC(N)Cc1cccc(F)c1OCC1CCOC1. The van der Waals surface area contributed by atoms with Crippen LogP contribution in [0.2, 0.25) is 0 Å². The van der Waals surface area contributed by atoms with Crippen LogP contribution in [0, 0.1) is 11.7 Å². The average molecular weight is 253 g/mol. The molecule has 2 N–H and O–H groups in total. The summed E-state index contributed by atoms with van der Waals surface area (Å²) in [5, 5.41) is 0. The molecule has 0 aromatic heterocycles. The van der Waals surface area contributed by atoms with Gasteiger partial charge in [-0.15, -0.1) is 0 Å². The van der Waals surface area contributed by atoms with E-state index < -0.39 is 0 Å². The number of ether oxygens (including phenoxy) is 2. The van der Waals surface area contributed by atoms with Crippen molar-refractivity contribution in [3.05, 3.63) is 29.6 Å². The molecule has 1 fully saturated rings. The minimum absolute atomic E-state index is 0.0102. The van der Waals surface area contributed by atoms with Crippen LogP contribution in [0.15, 0.2) is 18.2 Å². The standard InChI is InChI=1S/C14H20FNO2/c1-10(16)7-12-3-2-4-13(15)14(12)18-9-11-5-6-17-8-11/h2-4,10-11H,5-9,16H2,1H3. The first-order valence-corrected chi connectivity index (χ1v) is 6.40. The number of halogens is 1. The van der Waals surface area contributed by atoms with Gasteiger partial charge in [-0.3, -0.25) is 0 Å². The first-order chi connectivity index (χ1) is 8.66. The molecule has 2 atom stereocenters. The molecular weight excluding hydrogens is 233 g/mol. The molecule has 1 saturated heterocycles. The zero-order valence-corrected chi connectivity index (χ0v) is 10.7. The van der Waals surface area contributed by atoms with E-state index in [1.54, 1.807) is 6.07 Å². The maximum Gasteiger partial charge on any atom is 0.165 e. The molecule has 1 aromatic rings. The number of hydrogen-bond acceptors (Lipinski definition) is 3. The summed E-state index contributed by atoms with van der Waals surface area (Å²) in [6, 6.07) is 4.97. The maximum atomic E-state index is 13.8. The highest BCUT2D eigenvalue weighted by Crippen LogP contribution is 2.25. The Balaban J connectivity index is 2.04. The van der Waals surface area contributed by atoms with Crippen molar-refractivity contribution in [3.8, 4) is 5.75 Å². The third-order valence-electron chi connectivity index (χ3n) is 3.08. The van der Waals surface area contributed by atoms with E-state index in [0.29, 0.717) is 31.3 Å². The summed E-state index contributed by atoms with van der Waals surface area (Å²) < 4.78 is 24.7. The van der Waals surface area contributed by atoms with Crippen molar-refractivity contribution in [1.82, 2.24) is 0 Å². The molecule has 0 saturated carbocycles. The Hall–Kier alpha value is -1.13. The van der Waals surface area contributed by atoms with Gasteiger partial charge < -0.3 is 15.2 Å². The zero-order valence-electron chi connectivity index (χ0n) is 10.7. The van der Waals surface area contributed by atoms with Crippen LogP contribution in [0.1, 0.15) is 18.9 Å². The maximum absolute atomic E-state index is 13.8. The van der Waals surface area contributed by atoms with Crippen LogP contribution in [-0.4, -0.2) is 25.9 Å². The number of hydrogen-bond donors (Lipinski definition) is 1. The summed E-state index contributed by atoms with van der Waals surface area (Å²) in [4.78, 5) is 0. The quantitative estimate of drug-likeness (QED) is 0.874. The van der Waals surface area contributed by atoms with Crippen molar-refractivity contribution in [3.63, 3.8) is 0 Å². The molecular formula is C14H20FNO2. The van der Waals surface area contributed by atoms with Crippen molar-refractivity contribution in [2.24, 2.45) is 11.7 Å². The molecule has 0 radical (unpaired) electrons. The second kappa shape index (κ2) is 6.16. The lowest BCUT2D eigenvalue weighted by Gasteiger charge is -2.15. The van der Waals surface area contributed by atoms with E-state index >= 15 is 0 Å². The van der Waals surface area contributed by atoms with Gasteiger partial charge in [0.25, 0.3) is 0 Å². The Morgan fingerprint density at radius 1 is 1.56 bits per heavy atom. The minimum Gasteiger partial charge on any atom is -0.490 e. The minimum atomic E-state index is -0.313. The summed E-state index contributed by atoms with van der Waals surface area (Å²) in [5.41, 5.74) is 6.60. The Morgan fingerprint density at radius 2 is 2.39 bits per heavy atom. The predicted molar refractivity (Wildman–Crippen MR) is 68.2 cm³/mol. The molecule has 100 valence electrons. The molecule has 3 nitrogen and oxygen atoms in total. The van der Waals surface area contributed by atoms with Gasteiger partial charge in [0.05, 0.1) is 13.2 Å². The molecule has 2 rings (SSSR count). The first kappa shape index (κ1) is 13.3. The van der Waals surface area contributed by atoms with Crippen LogP contribution < -0.4 is 10.5 Å². The van der Waals surface area contributed by atoms with Gasteiger partial charge >= 0.3 is 0 Å². The predicted octanol–water partition coefficient (Wildman–Crippen LogP) is 2.13. The number of rotatable bonds is 5. The fraction of sp³-hybridized carbons (Fsp3) is 0.571. The zero-order chi connectivity index (χ0) is 13.0. The lowest BCUT2D eigenvalue weighted by Crippen LogP contribution is -2.19. The number of nitrogens with two attached hydrogens (primary N) is 1. The molecule has 0 bridgehead atoms. The monoisotopic (exact) mass is 253 g/mol. The molecule has 0 spiro atoms.